The number of hydrogen-bond acceptors (Lipinski definition) is 2. The third kappa shape index (κ3) is 2.26. The molecule has 4 rings (SSSR count). The average molecular weight is 291 g/mol. The highest BCUT2D eigenvalue weighted by Gasteiger charge is 2.21. The van der Waals surface area contributed by atoms with Crippen molar-refractivity contribution in [2.24, 2.45) is 0 Å². The zero-order valence-electron chi connectivity index (χ0n) is 12.2. The largest absolute Gasteiger partial charge is 0.345 e. The van der Waals surface area contributed by atoms with Gasteiger partial charge in [0, 0.05) is 5.56 Å². The van der Waals surface area contributed by atoms with Gasteiger partial charge in [-0.2, -0.15) is 0 Å². The van der Waals surface area contributed by atoms with Gasteiger partial charge in [-0.25, -0.2) is 4.98 Å². The van der Waals surface area contributed by atoms with Gasteiger partial charge in [0.25, 0.3) is 5.91 Å². The fourth-order valence-electron chi connectivity index (χ4n) is 3.22. The molecule has 0 fully saturated rings. The van der Waals surface area contributed by atoms with Crippen LogP contribution in [0.25, 0.3) is 11.0 Å². The summed E-state index contributed by atoms with van der Waals surface area (Å²) >= 11 is 0. The predicted octanol–water partition coefficient (Wildman–Crippen LogP) is 3.37. The Morgan fingerprint density at radius 1 is 1.23 bits per heavy atom. The number of carbonyl (C=O) groups excluding carboxylic acids is 1. The van der Waals surface area contributed by atoms with Crippen molar-refractivity contribution >= 4 is 16.9 Å². The normalized spacial score (nSPS) is 17.2. The fraction of sp³-hybridized carbons (Fsp3) is 0.222. The minimum Gasteiger partial charge on any atom is -0.345 e. The Labute approximate surface area is 128 Å². The van der Waals surface area contributed by atoms with Crippen molar-refractivity contribution in [3.8, 4) is 0 Å². The van der Waals surface area contributed by atoms with Gasteiger partial charge < -0.3 is 10.3 Å². The zero-order valence-corrected chi connectivity index (χ0v) is 12.2. The third-order valence-corrected chi connectivity index (χ3v) is 4.36. The summed E-state index contributed by atoms with van der Waals surface area (Å²) in [4.78, 5) is 19.8. The van der Waals surface area contributed by atoms with E-state index in [9.17, 15) is 4.79 Å². The first kappa shape index (κ1) is 13.1. The molecule has 1 aromatic heterocycles. The molecule has 110 valence electrons. The molecule has 1 heterocycles. The number of carbonyl (C=O) groups is 1. The number of H-pyrrole nitrogens is 1. The Kier molecular flexibility index (Phi) is 3.15. The quantitative estimate of drug-likeness (QED) is 0.760. The molecule has 0 saturated carbocycles. The van der Waals surface area contributed by atoms with Crippen LogP contribution in [-0.4, -0.2) is 15.9 Å². The minimum atomic E-state index is -0.0294. The molecule has 0 bridgehead atoms. The fourth-order valence-corrected chi connectivity index (χ4v) is 3.22. The van der Waals surface area contributed by atoms with Crippen LogP contribution in [0.15, 0.2) is 48.8 Å². The summed E-state index contributed by atoms with van der Waals surface area (Å²) in [6.45, 7) is 0. The second-order valence-electron chi connectivity index (χ2n) is 5.75. The Morgan fingerprint density at radius 2 is 2.14 bits per heavy atom. The lowest BCUT2D eigenvalue weighted by Crippen LogP contribution is -2.30. The number of imidazole rings is 1. The van der Waals surface area contributed by atoms with Crippen molar-refractivity contribution in [1.82, 2.24) is 15.3 Å². The molecule has 1 aliphatic rings. The molecule has 0 saturated heterocycles. The lowest BCUT2D eigenvalue weighted by atomic mass is 9.87. The summed E-state index contributed by atoms with van der Waals surface area (Å²) in [6, 6.07) is 14.0. The van der Waals surface area contributed by atoms with Crippen LogP contribution in [0.3, 0.4) is 0 Å². The van der Waals surface area contributed by atoms with E-state index in [0.29, 0.717) is 5.56 Å². The van der Waals surface area contributed by atoms with Gasteiger partial charge in [-0.1, -0.05) is 24.3 Å². The molecule has 2 N–H and O–H groups in total. The highest BCUT2D eigenvalue weighted by Crippen LogP contribution is 2.29. The van der Waals surface area contributed by atoms with E-state index in [2.05, 4.69) is 33.5 Å². The van der Waals surface area contributed by atoms with Gasteiger partial charge in [-0.15, -0.1) is 0 Å². The van der Waals surface area contributed by atoms with Gasteiger partial charge >= 0.3 is 0 Å². The van der Waals surface area contributed by atoms with E-state index in [1.165, 1.54) is 11.1 Å². The average Bonchev–Trinajstić information content (AvgIpc) is 3.02. The maximum Gasteiger partial charge on any atom is 0.251 e. The van der Waals surface area contributed by atoms with Gasteiger partial charge in [0.1, 0.15) is 0 Å². The zero-order chi connectivity index (χ0) is 14.9. The first-order chi connectivity index (χ1) is 10.8. The number of fused-ring (bicyclic) bond motifs is 2. The second kappa shape index (κ2) is 5.30. The molecule has 0 spiro atoms. The molecule has 1 aliphatic carbocycles. The number of hydrogen-bond donors (Lipinski definition) is 2. The van der Waals surface area contributed by atoms with Gasteiger partial charge in [0.05, 0.1) is 23.4 Å². The highest BCUT2D eigenvalue weighted by atomic mass is 16.1. The number of rotatable bonds is 2. The van der Waals surface area contributed by atoms with Crippen molar-refractivity contribution < 1.29 is 4.79 Å². The van der Waals surface area contributed by atoms with Crippen LogP contribution < -0.4 is 5.32 Å². The van der Waals surface area contributed by atoms with Crippen molar-refractivity contribution in [2.45, 2.75) is 25.3 Å². The molecule has 1 atom stereocenters. The predicted molar refractivity (Wildman–Crippen MR) is 85.7 cm³/mol. The van der Waals surface area contributed by atoms with Crippen LogP contribution in [0, 0.1) is 0 Å². The SMILES string of the molecule is O=C(NC1CCCc2ccccc21)c1ccc2nc[nH]c2c1. The second-order valence-corrected chi connectivity index (χ2v) is 5.75. The van der Waals surface area contributed by atoms with Gasteiger partial charge in [-0.3, -0.25) is 4.79 Å². The number of aromatic amines is 1. The lowest BCUT2D eigenvalue weighted by Gasteiger charge is -2.26. The van der Waals surface area contributed by atoms with Crippen LogP contribution in [0.2, 0.25) is 0 Å². The first-order valence-corrected chi connectivity index (χ1v) is 7.63. The molecule has 1 amide bonds. The Bertz CT molecular complexity index is 837. The van der Waals surface area contributed by atoms with Crippen LogP contribution in [0.1, 0.15) is 40.4 Å². The molecule has 2 aromatic carbocycles. The standard InChI is InChI=1S/C18H17N3O/c22-18(13-8-9-16-17(10-13)20-11-19-16)21-15-7-3-5-12-4-1-2-6-14(12)15/h1-2,4,6,8-11,15H,3,5,7H2,(H,19,20)(H,21,22). The first-order valence-electron chi connectivity index (χ1n) is 7.63. The Hall–Kier alpha value is -2.62. The monoisotopic (exact) mass is 291 g/mol. The number of aryl methyl sites for hydroxylation is 1. The number of benzene rings is 2. The number of aromatic nitrogens is 2. The molecule has 3 aromatic rings. The van der Waals surface area contributed by atoms with Crippen molar-refractivity contribution in [3.63, 3.8) is 0 Å². The van der Waals surface area contributed by atoms with Crippen molar-refractivity contribution in [2.75, 3.05) is 0 Å². The van der Waals surface area contributed by atoms with Gasteiger partial charge in [0.2, 0.25) is 0 Å². The maximum atomic E-state index is 12.5. The van der Waals surface area contributed by atoms with Crippen LogP contribution in [-0.2, 0) is 6.42 Å². The Morgan fingerprint density at radius 3 is 3.09 bits per heavy atom. The van der Waals surface area contributed by atoms with E-state index in [4.69, 9.17) is 0 Å². The van der Waals surface area contributed by atoms with E-state index in [-0.39, 0.29) is 11.9 Å². The lowest BCUT2D eigenvalue weighted by molar-refractivity contribution is 0.0933. The minimum absolute atomic E-state index is 0.0294. The van der Waals surface area contributed by atoms with Crippen LogP contribution >= 0.6 is 0 Å². The summed E-state index contributed by atoms with van der Waals surface area (Å²) in [5, 5.41) is 3.18. The number of nitrogens with zero attached hydrogens (tertiary/aromatic N) is 1. The summed E-state index contributed by atoms with van der Waals surface area (Å²) < 4.78 is 0. The Balaban J connectivity index is 1.59. The van der Waals surface area contributed by atoms with Crippen LogP contribution in [0.5, 0.6) is 0 Å². The molecular formula is C18H17N3O. The molecule has 22 heavy (non-hydrogen) atoms. The molecular weight excluding hydrogens is 274 g/mol. The van der Waals surface area contributed by atoms with E-state index in [1.54, 1.807) is 6.33 Å². The van der Waals surface area contributed by atoms with E-state index in [1.807, 2.05) is 24.3 Å². The number of amides is 1. The van der Waals surface area contributed by atoms with Gasteiger partial charge in [0.15, 0.2) is 0 Å². The molecule has 0 radical (unpaired) electrons. The molecule has 1 unspecified atom stereocenters. The highest BCUT2D eigenvalue weighted by molar-refractivity contribution is 5.97. The van der Waals surface area contributed by atoms with E-state index < -0.39 is 0 Å². The van der Waals surface area contributed by atoms with Crippen LogP contribution in [0.4, 0.5) is 0 Å². The van der Waals surface area contributed by atoms with Crippen molar-refractivity contribution in [3.05, 3.63) is 65.5 Å². The summed E-state index contributed by atoms with van der Waals surface area (Å²) in [5.74, 6) is -0.0294. The number of nitrogens with one attached hydrogen (secondary N) is 2. The molecule has 4 nitrogen and oxygen atoms in total. The molecule has 4 heteroatoms. The summed E-state index contributed by atoms with van der Waals surface area (Å²) in [6.07, 6.45) is 4.85. The van der Waals surface area contributed by atoms with E-state index in [0.717, 1.165) is 30.3 Å². The van der Waals surface area contributed by atoms with E-state index >= 15 is 0 Å². The molecule has 0 aliphatic heterocycles. The third-order valence-electron chi connectivity index (χ3n) is 4.36. The maximum absolute atomic E-state index is 12.5. The van der Waals surface area contributed by atoms with Crippen molar-refractivity contribution in [1.29, 1.82) is 0 Å². The smallest absolute Gasteiger partial charge is 0.251 e. The summed E-state index contributed by atoms with van der Waals surface area (Å²) in [7, 11) is 0. The topological polar surface area (TPSA) is 57.8 Å². The summed E-state index contributed by atoms with van der Waals surface area (Å²) in [5.41, 5.74) is 5.03. The van der Waals surface area contributed by atoms with Gasteiger partial charge in [-0.05, 0) is 48.6 Å².